The fourth-order valence-electron chi connectivity index (χ4n) is 5.64. The van der Waals surface area contributed by atoms with E-state index < -0.39 is 38.1 Å². The number of hydrogen-bond acceptors (Lipinski definition) is 6. The van der Waals surface area contributed by atoms with Gasteiger partial charge in [-0.25, -0.2) is 17.9 Å². The Bertz CT molecular complexity index is 1810. The average molecular weight is 670 g/mol. The highest BCUT2D eigenvalue weighted by Gasteiger charge is 2.40. The van der Waals surface area contributed by atoms with Crippen LogP contribution in [-0.2, 0) is 15.3 Å². The number of aryl methyl sites for hydroxylation is 1. The number of benzene rings is 3. The van der Waals surface area contributed by atoms with Crippen LogP contribution < -0.4 is 20.7 Å². The van der Waals surface area contributed by atoms with Gasteiger partial charge in [0.2, 0.25) is 0 Å². The van der Waals surface area contributed by atoms with Crippen LogP contribution in [0, 0.1) is 12.8 Å². The molecule has 3 N–H and O–H groups in total. The van der Waals surface area contributed by atoms with Gasteiger partial charge in [0, 0.05) is 17.2 Å². The van der Waals surface area contributed by atoms with Crippen molar-refractivity contribution in [2.24, 2.45) is 5.92 Å². The van der Waals surface area contributed by atoms with E-state index in [-0.39, 0.29) is 11.3 Å². The van der Waals surface area contributed by atoms with Gasteiger partial charge >= 0.3 is 12.4 Å². The van der Waals surface area contributed by atoms with E-state index in [1.807, 2.05) is 58.0 Å². The second-order valence-electron chi connectivity index (χ2n) is 12.7. The van der Waals surface area contributed by atoms with Crippen LogP contribution in [0.15, 0.2) is 83.8 Å². The molecule has 0 aliphatic carbocycles. The third-order valence-corrected chi connectivity index (χ3v) is 10.3. The van der Waals surface area contributed by atoms with Gasteiger partial charge < -0.3 is 15.4 Å². The second kappa shape index (κ2) is 13.4. The molecule has 2 amide bonds. The van der Waals surface area contributed by atoms with Gasteiger partial charge in [0.05, 0.1) is 16.6 Å². The minimum Gasteiger partial charge on any atom is -0.404 e. The summed E-state index contributed by atoms with van der Waals surface area (Å²) in [4.78, 5) is 12.6. The molecule has 9 nitrogen and oxygen atoms in total. The molecule has 0 bridgehead atoms. The van der Waals surface area contributed by atoms with Crippen LogP contribution >= 0.6 is 0 Å². The van der Waals surface area contributed by atoms with E-state index in [9.17, 15) is 26.4 Å². The first kappa shape index (κ1) is 34.0. The van der Waals surface area contributed by atoms with E-state index >= 15 is 0 Å². The zero-order valence-corrected chi connectivity index (χ0v) is 27.4. The first-order valence-corrected chi connectivity index (χ1v) is 16.8. The first-order valence-electron chi connectivity index (χ1n) is 15.3. The number of nitrogens with zero attached hydrogens (tertiary/aromatic N) is 2. The first-order chi connectivity index (χ1) is 22.1. The summed E-state index contributed by atoms with van der Waals surface area (Å²) in [6.07, 6.45) is -4.03. The molecule has 0 saturated carbocycles. The number of halogens is 3. The van der Waals surface area contributed by atoms with Gasteiger partial charge in [0.1, 0.15) is 16.5 Å². The minimum absolute atomic E-state index is 0.274. The molecule has 1 aliphatic rings. The van der Waals surface area contributed by atoms with E-state index in [0.29, 0.717) is 43.0 Å². The zero-order valence-electron chi connectivity index (χ0n) is 26.6. The fourth-order valence-corrected chi connectivity index (χ4v) is 7.86. The minimum atomic E-state index is -5.06. The lowest BCUT2D eigenvalue weighted by Gasteiger charge is -2.31. The molecule has 1 saturated heterocycles. The number of sulfone groups is 1. The molecule has 1 aromatic heterocycles. The Hall–Kier alpha value is -4.36. The second-order valence-corrected chi connectivity index (χ2v) is 14.7. The maximum Gasteiger partial charge on any atom is 0.573 e. The summed E-state index contributed by atoms with van der Waals surface area (Å²) < 4.78 is 73.5. The van der Waals surface area contributed by atoms with E-state index in [2.05, 4.69) is 20.7 Å². The highest BCUT2D eigenvalue weighted by atomic mass is 32.2. The highest BCUT2D eigenvalue weighted by Crippen LogP contribution is 2.43. The van der Waals surface area contributed by atoms with E-state index in [1.165, 1.54) is 12.1 Å². The molecule has 47 heavy (non-hydrogen) atoms. The summed E-state index contributed by atoms with van der Waals surface area (Å²) >= 11 is 0. The number of para-hydroxylation sites is 1. The monoisotopic (exact) mass is 669 g/mol. The van der Waals surface area contributed by atoms with Gasteiger partial charge in [-0.05, 0) is 80.7 Å². The number of hydrogen-bond donors (Lipinski definition) is 3. The third kappa shape index (κ3) is 8.14. The maximum atomic E-state index is 14.1. The number of carbonyl (C=O) groups excluding carboxylic acids is 1. The van der Waals surface area contributed by atoms with Crippen LogP contribution in [0.1, 0.15) is 55.7 Å². The van der Waals surface area contributed by atoms with Gasteiger partial charge in [-0.3, -0.25) is 5.32 Å². The lowest BCUT2D eigenvalue weighted by atomic mass is 9.90. The Morgan fingerprint density at radius 1 is 0.957 bits per heavy atom. The maximum absolute atomic E-state index is 14.1. The molecule has 1 aliphatic heterocycles. The molecule has 13 heteroatoms. The number of anilines is 2. The summed E-state index contributed by atoms with van der Waals surface area (Å²) in [5.74, 6) is -0.667. The number of piperidine rings is 1. The molecule has 4 aromatic rings. The number of carbonyl (C=O) groups is 1. The van der Waals surface area contributed by atoms with Gasteiger partial charge in [0.15, 0.2) is 9.84 Å². The van der Waals surface area contributed by atoms with Crippen molar-refractivity contribution < 1.29 is 31.1 Å². The van der Waals surface area contributed by atoms with Crippen molar-refractivity contribution in [1.29, 1.82) is 0 Å². The van der Waals surface area contributed by atoms with Crippen molar-refractivity contribution in [2.75, 3.05) is 23.7 Å². The molecule has 1 atom stereocenters. The van der Waals surface area contributed by atoms with Gasteiger partial charge in [-0.1, -0.05) is 62.7 Å². The smallest absolute Gasteiger partial charge is 0.404 e. The van der Waals surface area contributed by atoms with Crippen molar-refractivity contribution >= 4 is 27.4 Å². The third-order valence-electron chi connectivity index (χ3n) is 8.02. The molecular weight excluding hydrogens is 631 g/mol. The Balaban J connectivity index is 1.40. The zero-order chi connectivity index (χ0) is 34.0. The Morgan fingerprint density at radius 2 is 1.60 bits per heavy atom. The summed E-state index contributed by atoms with van der Waals surface area (Å²) in [5, 5.41) is 12.4. The highest BCUT2D eigenvalue weighted by molar-refractivity contribution is 7.91. The van der Waals surface area contributed by atoms with Crippen molar-refractivity contribution in [2.45, 2.75) is 62.5 Å². The van der Waals surface area contributed by atoms with E-state index in [1.54, 1.807) is 28.9 Å². The largest absolute Gasteiger partial charge is 0.573 e. The van der Waals surface area contributed by atoms with Gasteiger partial charge in [-0.2, -0.15) is 5.10 Å². The number of nitrogens with one attached hydrogen (secondary N) is 3. The standard InChI is InChI=1S/C34H38F3N5O4S/c1-22-9-15-26(16-10-22)42-30(21-29(41-42)33(2,3)4)40-32(43)39-25-13-11-23(12-14-25)31(24-17-19-38-20-18-24)47(44,45)28-8-6-5-7-27(28)46-34(35,36)37/h5-16,21,24,31,38H,17-20H2,1-4H3,(H2,39,40,43). The molecule has 2 heterocycles. The number of aromatic nitrogens is 2. The number of urea groups is 1. The molecular formula is C34H38F3N5O4S. The summed E-state index contributed by atoms with van der Waals surface area (Å²) in [6.45, 7) is 9.22. The normalized spacial score (nSPS) is 15.2. The predicted molar refractivity (Wildman–Crippen MR) is 175 cm³/mol. The number of ether oxygens (including phenoxy) is 1. The van der Waals surface area contributed by atoms with Gasteiger partial charge in [-0.15, -0.1) is 13.2 Å². The van der Waals surface area contributed by atoms with Crippen LogP contribution in [0.25, 0.3) is 5.69 Å². The Kier molecular flexibility index (Phi) is 9.69. The van der Waals surface area contributed by atoms with Crippen LogP contribution in [0.4, 0.5) is 29.5 Å². The van der Waals surface area contributed by atoms with Crippen molar-refractivity contribution in [3.8, 4) is 11.4 Å². The van der Waals surface area contributed by atoms with Gasteiger partial charge in [0.25, 0.3) is 0 Å². The summed E-state index contributed by atoms with van der Waals surface area (Å²) in [7, 11) is -4.34. The van der Waals surface area contributed by atoms with Crippen molar-refractivity contribution in [3.05, 3.63) is 95.7 Å². The Morgan fingerprint density at radius 3 is 2.21 bits per heavy atom. The van der Waals surface area contributed by atoms with Crippen LogP contribution in [-0.4, -0.2) is 43.7 Å². The van der Waals surface area contributed by atoms with Crippen LogP contribution in [0.2, 0.25) is 0 Å². The average Bonchev–Trinajstić information content (AvgIpc) is 3.42. The molecule has 0 spiro atoms. The van der Waals surface area contributed by atoms with E-state index in [0.717, 1.165) is 29.1 Å². The summed E-state index contributed by atoms with van der Waals surface area (Å²) in [6, 6.07) is 20.2. The quantitative estimate of drug-likeness (QED) is 0.179. The molecule has 250 valence electrons. The van der Waals surface area contributed by atoms with E-state index in [4.69, 9.17) is 5.10 Å². The SMILES string of the molecule is Cc1ccc(-n2nc(C(C)(C)C)cc2NC(=O)Nc2ccc(C(C3CCNCC3)S(=O)(=O)c3ccccc3OC(F)(F)F)cc2)cc1. The topological polar surface area (TPSA) is 114 Å². The molecule has 5 rings (SSSR count). The lowest BCUT2D eigenvalue weighted by molar-refractivity contribution is -0.275. The van der Waals surface area contributed by atoms with Crippen LogP contribution in [0.3, 0.4) is 0 Å². The number of alkyl halides is 3. The summed E-state index contributed by atoms with van der Waals surface area (Å²) in [5.41, 5.74) is 3.16. The van der Waals surface area contributed by atoms with Crippen molar-refractivity contribution in [1.82, 2.24) is 15.1 Å². The number of rotatable bonds is 8. The fraction of sp³-hybridized carbons (Fsp3) is 0.353. The molecule has 0 radical (unpaired) electrons. The van der Waals surface area contributed by atoms with Crippen molar-refractivity contribution in [3.63, 3.8) is 0 Å². The number of amides is 2. The lowest BCUT2D eigenvalue weighted by Crippen LogP contribution is -2.34. The predicted octanol–water partition coefficient (Wildman–Crippen LogP) is 7.54. The molecule has 3 aromatic carbocycles. The molecule has 1 unspecified atom stereocenters. The van der Waals surface area contributed by atoms with Crippen LogP contribution in [0.5, 0.6) is 5.75 Å². The molecule has 1 fully saturated rings. The Labute approximate surface area is 272 Å².